The van der Waals surface area contributed by atoms with Crippen molar-refractivity contribution in [1.29, 1.82) is 0 Å². The van der Waals surface area contributed by atoms with Gasteiger partial charge in [-0.3, -0.25) is 0 Å². The molecule has 0 aliphatic carbocycles. The predicted octanol–water partition coefficient (Wildman–Crippen LogP) is 2.34. The Labute approximate surface area is 53.8 Å². The third-order valence-electron chi connectivity index (χ3n) is 0.596. The van der Waals surface area contributed by atoms with Gasteiger partial charge in [0.15, 0.2) is 0 Å². The van der Waals surface area contributed by atoms with Crippen LogP contribution in [0.5, 0.6) is 0 Å². The van der Waals surface area contributed by atoms with Crippen LogP contribution in [-0.4, -0.2) is 12.3 Å². The zero-order valence-electron chi connectivity index (χ0n) is 4.88. The molecule has 1 radical (unpaired) electrons. The highest BCUT2D eigenvalue weighted by Crippen LogP contribution is 2.36. The molecule has 1 nitrogen and oxygen atoms in total. The number of alkyl halides is 5. The van der Waals surface area contributed by atoms with E-state index in [1.807, 2.05) is 0 Å². The van der Waals surface area contributed by atoms with E-state index >= 15 is 0 Å². The van der Waals surface area contributed by atoms with Crippen LogP contribution >= 0.6 is 0 Å². The molecule has 10 heavy (non-hydrogen) atoms. The first-order valence-electron chi connectivity index (χ1n) is 2.21. The second-order valence-electron chi connectivity index (χ2n) is 1.37. The third-order valence-corrected chi connectivity index (χ3v) is 0.596. The van der Waals surface area contributed by atoms with Crippen LogP contribution in [0, 0.1) is 6.61 Å². The second kappa shape index (κ2) is 2.69. The number of hydrogen-bond donors (Lipinski definition) is 0. The maximum Gasteiger partial charge on any atom is 0.482 e. The molecule has 0 heterocycles. The van der Waals surface area contributed by atoms with Crippen LogP contribution in [0.1, 0.15) is 6.92 Å². The fourth-order valence-corrected chi connectivity index (χ4v) is 0.215. The summed E-state index contributed by atoms with van der Waals surface area (Å²) in [5, 5.41) is 0. The van der Waals surface area contributed by atoms with E-state index in [4.69, 9.17) is 0 Å². The van der Waals surface area contributed by atoms with Crippen molar-refractivity contribution in [3.8, 4) is 0 Å². The number of hydrogen-bond acceptors (Lipinski definition) is 1. The number of rotatable bonds is 2. The molecular weight excluding hydrogens is 159 g/mol. The van der Waals surface area contributed by atoms with Gasteiger partial charge in [-0.1, -0.05) is 0 Å². The van der Waals surface area contributed by atoms with Gasteiger partial charge in [0.1, 0.15) is 0 Å². The van der Waals surface area contributed by atoms with E-state index in [-0.39, 0.29) is 6.61 Å². The fourth-order valence-electron chi connectivity index (χ4n) is 0.215. The van der Waals surface area contributed by atoms with Gasteiger partial charge < -0.3 is 4.74 Å². The minimum absolute atomic E-state index is 0.285. The Balaban J connectivity index is 4.10. The first-order chi connectivity index (χ1) is 4.31. The maximum atomic E-state index is 11.6. The third kappa shape index (κ3) is 2.09. The van der Waals surface area contributed by atoms with Crippen molar-refractivity contribution < 1.29 is 26.7 Å². The van der Waals surface area contributed by atoms with Crippen molar-refractivity contribution in [1.82, 2.24) is 0 Å². The van der Waals surface area contributed by atoms with E-state index in [0.717, 1.165) is 6.92 Å². The lowest BCUT2D eigenvalue weighted by Gasteiger charge is -2.17. The minimum Gasteiger partial charge on any atom is -0.307 e. The summed E-state index contributed by atoms with van der Waals surface area (Å²) in [4.78, 5) is 0. The Bertz CT molecular complexity index is 107. The van der Waals surface area contributed by atoms with E-state index in [9.17, 15) is 22.0 Å². The highest BCUT2D eigenvalue weighted by Gasteiger charge is 2.59. The molecule has 0 aromatic rings. The summed E-state index contributed by atoms with van der Waals surface area (Å²) in [5.74, 6) is 0. The summed E-state index contributed by atoms with van der Waals surface area (Å²) < 4.78 is 59.5. The first kappa shape index (κ1) is 9.61. The number of halogens is 5. The molecule has 0 aliphatic heterocycles. The SMILES string of the molecule is C[CH]OC(F)(F)C(F)(F)F. The van der Waals surface area contributed by atoms with Crippen LogP contribution in [-0.2, 0) is 4.74 Å². The molecule has 0 fully saturated rings. The van der Waals surface area contributed by atoms with Gasteiger partial charge in [0.05, 0.1) is 6.61 Å². The van der Waals surface area contributed by atoms with E-state index in [0.29, 0.717) is 0 Å². The Hall–Kier alpha value is -0.390. The molecule has 0 aromatic heterocycles. The molecule has 61 valence electrons. The van der Waals surface area contributed by atoms with Crippen molar-refractivity contribution in [3.05, 3.63) is 6.61 Å². The molecule has 0 atom stereocenters. The first-order valence-corrected chi connectivity index (χ1v) is 2.21. The van der Waals surface area contributed by atoms with Crippen molar-refractivity contribution >= 4 is 0 Å². The summed E-state index contributed by atoms with van der Waals surface area (Å²) in [7, 11) is 0. The monoisotopic (exact) mass is 163 g/mol. The lowest BCUT2D eigenvalue weighted by atomic mass is 10.6. The van der Waals surface area contributed by atoms with Crippen LogP contribution in [0.3, 0.4) is 0 Å². The fraction of sp³-hybridized carbons (Fsp3) is 0.750. The predicted molar refractivity (Wildman–Crippen MR) is 22.1 cm³/mol. The molecule has 0 spiro atoms. The van der Waals surface area contributed by atoms with Crippen molar-refractivity contribution in [2.75, 3.05) is 0 Å². The van der Waals surface area contributed by atoms with Crippen LogP contribution in [0.2, 0.25) is 0 Å². The summed E-state index contributed by atoms with van der Waals surface area (Å²) in [6, 6.07) is 0. The largest absolute Gasteiger partial charge is 0.482 e. The topological polar surface area (TPSA) is 9.23 Å². The van der Waals surface area contributed by atoms with Gasteiger partial charge in [0.25, 0.3) is 0 Å². The Morgan fingerprint density at radius 3 is 1.60 bits per heavy atom. The van der Waals surface area contributed by atoms with Crippen LogP contribution in [0.25, 0.3) is 0 Å². The molecular formula is C4H4F5O. The van der Waals surface area contributed by atoms with E-state index in [1.165, 1.54) is 0 Å². The molecule has 6 heteroatoms. The summed E-state index contributed by atoms with van der Waals surface area (Å²) in [6.07, 6.45) is -10.7. The minimum atomic E-state index is -5.64. The van der Waals surface area contributed by atoms with E-state index in [1.54, 1.807) is 0 Å². The summed E-state index contributed by atoms with van der Waals surface area (Å²) in [6.45, 7) is 1.22. The van der Waals surface area contributed by atoms with Gasteiger partial charge in [-0.05, 0) is 6.92 Å². The second-order valence-corrected chi connectivity index (χ2v) is 1.37. The molecule has 0 saturated carbocycles. The Kier molecular flexibility index (Phi) is 2.59. The number of ether oxygens (including phenoxy) is 1. The van der Waals surface area contributed by atoms with E-state index in [2.05, 4.69) is 4.74 Å². The standard InChI is InChI=1S/C4H4F5O/c1-2-10-4(8,9)3(5,6)7/h2H,1H3. The van der Waals surface area contributed by atoms with Crippen molar-refractivity contribution in [2.45, 2.75) is 19.2 Å². The van der Waals surface area contributed by atoms with Gasteiger partial charge in [-0.25, -0.2) is 0 Å². The van der Waals surface area contributed by atoms with Crippen LogP contribution < -0.4 is 0 Å². The molecule has 0 saturated heterocycles. The zero-order valence-corrected chi connectivity index (χ0v) is 4.88. The highest BCUT2D eigenvalue weighted by molar-refractivity contribution is 4.65. The Morgan fingerprint density at radius 2 is 1.50 bits per heavy atom. The molecule has 0 aliphatic rings. The van der Waals surface area contributed by atoms with Crippen LogP contribution in [0.15, 0.2) is 0 Å². The molecule has 0 amide bonds. The van der Waals surface area contributed by atoms with Gasteiger partial charge in [0, 0.05) is 0 Å². The lowest BCUT2D eigenvalue weighted by molar-refractivity contribution is -0.381. The summed E-state index contributed by atoms with van der Waals surface area (Å²) in [5.41, 5.74) is 0. The normalized spacial score (nSPS) is 13.8. The Morgan fingerprint density at radius 1 is 1.10 bits per heavy atom. The van der Waals surface area contributed by atoms with Crippen molar-refractivity contribution in [3.63, 3.8) is 0 Å². The average molecular weight is 163 g/mol. The van der Waals surface area contributed by atoms with Crippen molar-refractivity contribution in [2.24, 2.45) is 0 Å². The van der Waals surface area contributed by atoms with Gasteiger partial charge >= 0.3 is 12.3 Å². The molecule has 0 unspecified atom stereocenters. The average Bonchev–Trinajstić information content (AvgIpc) is 1.61. The van der Waals surface area contributed by atoms with Gasteiger partial charge in [-0.15, -0.1) is 0 Å². The smallest absolute Gasteiger partial charge is 0.307 e. The van der Waals surface area contributed by atoms with Gasteiger partial charge in [-0.2, -0.15) is 22.0 Å². The van der Waals surface area contributed by atoms with Crippen LogP contribution in [0.4, 0.5) is 22.0 Å². The molecule has 0 bridgehead atoms. The molecule has 0 rings (SSSR count). The summed E-state index contributed by atoms with van der Waals surface area (Å²) >= 11 is 0. The molecule has 0 aromatic carbocycles. The van der Waals surface area contributed by atoms with Gasteiger partial charge in [0.2, 0.25) is 0 Å². The van der Waals surface area contributed by atoms with E-state index < -0.39 is 12.3 Å². The molecule has 0 N–H and O–H groups in total. The zero-order chi connectivity index (χ0) is 8.41. The lowest BCUT2D eigenvalue weighted by Crippen LogP contribution is -2.38. The quantitative estimate of drug-likeness (QED) is 0.567. The highest BCUT2D eigenvalue weighted by atomic mass is 19.4. The maximum absolute atomic E-state index is 11.6.